The topological polar surface area (TPSA) is 63.6 Å². The molecule has 0 aromatic heterocycles. The fourth-order valence-corrected chi connectivity index (χ4v) is 3.82. The van der Waals surface area contributed by atoms with Gasteiger partial charge in [0.2, 0.25) is 0 Å². The Bertz CT molecular complexity index is 813. The van der Waals surface area contributed by atoms with Gasteiger partial charge in [0.15, 0.2) is 5.78 Å². The van der Waals surface area contributed by atoms with Crippen molar-refractivity contribution in [1.29, 1.82) is 0 Å². The number of rotatable bonds is 17. The number of ketones is 2. The Hall–Kier alpha value is -2.62. The van der Waals surface area contributed by atoms with E-state index in [2.05, 4.69) is 6.92 Å². The Morgan fingerprint density at radius 3 is 2.06 bits per heavy atom. The average Bonchev–Trinajstić information content (AvgIpc) is 2.79. The largest absolute Gasteiger partial charge is 0.507 e. The van der Waals surface area contributed by atoms with Crippen LogP contribution in [0.2, 0.25) is 0 Å². The Morgan fingerprint density at radius 2 is 1.41 bits per heavy atom. The number of Topliss-reactive ketones (excluding diaryl/α,β-unsaturated/α-hetero) is 2. The number of carbonyl (C=O) groups is 2. The molecular formula is C28H38O4. The number of hydrogen-bond donors (Lipinski definition) is 1. The van der Waals surface area contributed by atoms with E-state index in [9.17, 15) is 14.7 Å². The van der Waals surface area contributed by atoms with Crippen molar-refractivity contribution in [3.05, 3.63) is 59.7 Å². The summed E-state index contributed by atoms with van der Waals surface area (Å²) < 4.78 is 5.78. The van der Waals surface area contributed by atoms with Crippen LogP contribution in [0, 0.1) is 0 Å². The van der Waals surface area contributed by atoms with Gasteiger partial charge in [-0.1, -0.05) is 101 Å². The van der Waals surface area contributed by atoms with Crippen molar-refractivity contribution in [2.24, 2.45) is 0 Å². The maximum Gasteiger partial charge on any atom is 0.177 e. The highest BCUT2D eigenvalue weighted by atomic mass is 16.5. The van der Waals surface area contributed by atoms with Gasteiger partial charge >= 0.3 is 0 Å². The predicted molar refractivity (Wildman–Crippen MR) is 129 cm³/mol. The van der Waals surface area contributed by atoms with Crippen LogP contribution in [0.3, 0.4) is 0 Å². The highest BCUT2D eigenvalue weighted by molar-refractivity contribution is 6.10. The van der Waals surface area contributed by atoms with E-state index in [-0.39, 0.29) is 35.9 Å². The van der Waals surface area contributed by atoms with E-state index < -0.39 is 0 Å². The van der Waals surface area contributed by atoms with E-state index in [1.165, 1.54) is 51.0 Å². The van der Waals surface area contributed by atoms with E-state index in [1.54, 1.807) is 12.1 Å². The van der Waals surface area contributed by atoms with E-state index in [0.29, 0.717) is 12.2 Å². The predicted octanol–water partition coefficient (Wildman–Crippen LogP) is 7.42. The molecule has 0 amide bonds. The Morgan fingerprint density at radius 1 is 0.781 bits per heavy atom. The van der Waals surface area contributed by atoms with Crippen LogP contribution >= 0.6 is 0 Å². The standard InChI is InChI=1S/C28H38O4/c1-2-3-4-5-6-7-8-9-10-14-18-24(29)21-26(31)28-25(30)19-15-20-27(28)32-22-23-16-12-11-13-17-23/h11-13,15-17,19-20,30H,2-10,14,18,21-22H2,1H3. The molecule has 0 bridgehead atoms. The van der Waals surface area contributed by atoms with Crippen molar-refractivity contribution in [1.82, 2.24) is 0 Å². The molecule has 0 radical (unpaired) electrons. The molecule has 0 spiro atoms. The van der Waals surface area contributed by atoms with Crippen molar-refractivity contribution in [2.45, 2.75) is 90.6 Å². The lowest BCUT2D eigenvalue weighted by molar-refractivity contribution is -0.118. The van der Waals surface area contributed by atoms with Crippen LogP contribution in [0.25, 0.3) is 0 Å². The molecule has 2 rings (SSSR count). The SMILES string of the molecule is CCCCCCCCCCCCC(=O)CC(=O)c1c(O)cccc1OCc1ccccc1. The van der Waals surface area contributed by atoms with E-state index >= 15 is 0 Å². The molecule has 0 atom stereocenters. The summed E-state index contributed by atoms with van der Waals surface area (Å²) in [6.07, 6.45) is 12.3. The number of unbranched alkanes of at least 4 members (excludes halogenated alkanes) is 9. The molecule has 4 heteroatoms. The van der Waals surface area contributed by atoms with Gasteiger partial charge in [0.25, 0.3) is 0 Å². The van der Waals surface area contributed by atoms with Gasteiger partial charge in [0.1, 0.15) is 29.5 Å². The smallest absolute Gasteiger partial charge is 0.177 e. The van der Waals surface area contributed by atoms with Crippen LogP contribution < -0.4 is 4.74 Å². The fraction of sp³-hybridized carbons (Fsp3) is 0.500. The Balaban J connectivity index is 1.72. The Labute approximate surface area is 193 Å². The highest BCUT2D eigenvalue weighted by Crippen LogP contribution is 2.30. The average molecular weight is 439 g/mol. The first-order valence-corrected chi connectivity index (χ1v) is 12.2. The summed E-state index contributed by atoms with van der Waals surface area (Å²) in [6.45, 7) is 2.52. The lowest BCUT2D eigenvalue weighted by Crippen LogP contribution is -2.10. The second kappa shape index (κ2) is 15.2. The number of hydrogen-bond acceptors (Lipinski definition) is 4. The first-order chi connectivity index (χ1) is 15.6. The molecule has 32 heavy (non-hydrogen) atoms. The number of aromatic hydroxyl groups is 1. The zero-order valence-corrected chi connectivity index (χ0v) is 19.5. The molecule has 2 aromatic carbocycles. The molecule has 1 N–H and O–H groups in total. The third-order valence-electron chi connectivity index (χ3n) is 5.69. The maximum atomic E-state index is 12.7. The van der Waals surface area contributed by atoms with E-state index in [0.717, 1.165) is 24.8 Å². The third kappa shape index (κ3) is 9.67. The van der Waals surface area contributed by atoms with Gasteiger partial charge in [-0.3, -0.25) is 9.59 Å². The summed E-state index contributed by atoms with van der Waals surface area (Å²) in [4.78, 5) is 25.1. The Kier molecular flexibility index (Phi) is 12.2. The van der Waals surface area contributed by atoms with Crippen LogP contribution in [0.1, 0.15) is 99.9 Å². The lowest BCUT2D eigenvalue weighted by Gasteiger charge is -2.12. The molecule has 0 saturated heterocycles. The molecule has 0 fully saturated rings. The molecule has 0 heterocycles. The van der Waals surface area contributed by atoms with Crippen molar-refractivity contribution in [3.8, 4) is 11.5 Å². The van der Waals surface area contributed by atoms with Gasteiger partial charge in [-0.2, -0.15) is 0 Å². The quantitative estimate of drug-likeness (QED) is 0.158. The molecule has 0 saturated carbocycles. The maximum absolute atomic E-state index is 12.7. The number of phenolic OH excluding ortho intramolecular Hbond substituents is 1. The van der Waals surface area contributed by atoms with Gasteiger partial charge in [0, 0.05) is 6.42 Å². The third-order valence-corrected chi connectivity index (χ3v) is 5.69. The summed E-state index contributed by atoms with van der Waals surface area (Å²) in [6, 6.07) is 14.4. The van der Waals surface area contributed by atoms with E-state index in [4.69, 9.17) is 4.74 Å². The van der Waals surface area contributed by atoms with E-state index in [1.807, 2.05) is 30.3 Å². The monoisotopic (exact) mass is 438 g/mol. The van der Waals surface area contributed by atoms with Gasteiger partial charge in [-0.05, 0) is 24.1 Å². The molecular weight excluding hydrogens is 400 g/mol. The lowest BCUT2D eigenvalue weighted by atomic mass is 10.00. The minimum atomic E-state index is -0.386. The van der Waals surface area contributed by atoms with Crippen LogP contribution in [0.5, 0.6) is 11.5 Å². The summed E-state index contributed by atoms with van der Waals surface area (Å²) in [5.74, 6) is -0.298. The molecule has 0 aliphatic rings. The molecule has 4 nitrogen and oxygen atoms in total. The molecule has 0 aliphatic carbocycles. The first-order valence-electron chi connectivity index (χ1n) is 12.2. The zero-order valence-electron chi connectivity index (χ0n) is 19.5. The second-order valence-corrected chi connectivity index (χ2v) is 8.50. The van der Waals surface area contributed by atoms with Gasteiger partial charge in [-0.15, -0.1) is 0 Å². The molecule has 0 aliphatic heterocycles. The van der Waals surface area contributed by atoms with Crippen LogP contribution in [-0.4, -0.2) is 16.7 Å². The summed E-state index contributed by atoms with van der Waals surface area (Å²) in [5, 5.41) is 10.2. The molecule has 174 valence electrons. The minimum Gasteiger partial charge on any atom is -0.507 e. The summed E-state index contributed by atoms with van der Waals surface area (Å²) in [7, 11) is 0. The van der Waals surface area contributed by atoms with Gasteiger partial charge < -0.3 is 9.84 Å². The normalized spacial score (nSPS) is 10.8. The first kappa shape index (κ1) is 25.6. The second-order valence-electron chi connectivity index (χ2n) is 8.50. The van der Waals surface area contributed by atoms with Gasteiger partial charge in [-0.25, -0.2) is 0 Å². The fourth-order valence-electron chi connectivity index (χ4n) is 3.82. The molecule has 0 unspecified atom stereocenters. The minimum absolute atomic E-state index is 0.0770. The number of carbonyl (C=O) groups excluding carboxylic acids is 2. The number of phenols is 1. The van der Waals surface area contributed by atoms with Crippen LogP contribution in [0.15, 0.2) is 48.5 Å². The van der Waals surface area contributed by atoms with Gasteiger partial charge in [0.05, 0.1) is 6.42 Å². The number of benzene rings is 2. The number of ether oxygens (including phenoxy) is 1. The van der Waals surface area contributed by atoms with Crippen molar-refractivity contribution in [3.63, 3.8) is 0 Å². The van der Waals surface area contributed by atoms with Crippen molar-refractivity contribution >= 4 is 11.6 Å². The van der Waals surface area contributed by atoms with Crippen LogP contribution in [-0.2, 0) is 11.4 Å². The molecule has 2 aromatic rings. The van der Waals surface area contributed by atoms with Crippen LogP contribution in [0.4, 0.5) is 0 Å². The summed E-state index contributed by atoms with van der Waals surface area (Å²) in [5.41, 5.74) is 1.06. The van der Waals surface area contributed by atoms with Crippen molar-refractivity contribution in [2.75, 3.05) is 0 Å². The zero-order chi connectivity index (χ0) is 23.0. The summed E-state index contributed by atoms with van der Waals surface area (Å²) >= 11 is 0. The van der Waals surface area contributed by atoms with Crippen molar-refractivity contribution < 1.29 is 19.4 Å². The highest BCUT2D eigenvalue weighted by Gasteiger charge is 2.20.